The zero-order valence-electron chi connectivity index (χ0n) is 18.0. The van der Waals surface area contributed by atoms with Crippen molar-refractivity contribution >= 4 is 5.71 Å². The molecule has 0 N–H and O–H groups in total. The maximum absolute atomic E-state index is 6.74. The van der Waals surface area contributed by atoms with E-state index in [-0.39, 0.29) is 6.04 Å². The second-order valence-electron chi connectivity index (χ2n) is 8.70. The minimum Gasteiger partial charge on any atom is -0.493 e. The summed E-state index contributed by atoms with van der Waals surface area (Å²) in [5.74, 6) is 3.26. The predicted molar refractivity (Wildman–Crippen MR) is 116 cm³/mol. The highest BCUT2D eigenvalue weighted by molar-refractivity contribution is 6.02. The van der Waals surface area contributed by atoms with Gasteiger partial charge in [-0.2, -0.15) is 5.10 Å². The van der Waals surface area contributed by atoms with Crippen LogP contribution in [0.4, 0.5) is 0 Å². The Kier molecular flexibility index (Phi) is 4.28. The van der Waals surface area contributed by atoms with E-state index in [9.17, 15) is 0 Å². The lowest BCUT2D eigenvalue weighted by Gasteiger charge is -2.50. The standard InChI is InChI=1S/C24H27N3O4/c1-26-10-8-24(9-11-26)27-19(17-4-3-5-21(28-2)23(17)31-24)15-18(25-27)16-6-7-20-22(14-16)30-13-12-29-20/h3-7,14,19H,8-13,15H2,1-2H3. The number of likely N-dealkylation sites (tertiary alicyclic amines) is 1. The first-order valence-electron chi connectivity index (χ1n) is 11.0. The number of hydrogen-bond acceptors (Lipinski definition) is 7. The molecule has 1 saturated heterocycles. The quantitative estimate of drug-likeness (QED) is 0.741. The molecule has 1 spiro atoms. The number of piperidine rings is 1. The third-order valence-corrected chi connectivity index (χ3v) is 6.85. The Morgan fingerprint density at radius 1 is 1.06 bits per heavy atom. The lowest BCUT2D eigenvalue weighted by molar-refractivity contribution is -0.148. The highest BCUT2D eigenvalue weighted by Crippen LogP contribution is 2.52. The van der Waals surface area contributed by atoms with E-state index in [2.05, 4.69) is 35.2 Å². The molecule has 1 atom stereocenters. The number of hydrogen-bond donors (Lipinski definition) is 0. The first-order valence-corrected chi connectivity index (χ1v) is 11.0. The van der Waals surface area contributed by atoms with Crippen molar-refractivity contribution in [3.05, 3.63) is 47.5 Å². The second-order valence-corrected chi connectivity index (χ2v) is 8.70. The van der Waals surface area contributed by atoms with Crippen LogP contribution in [0.25, 0.3) is 0 Å². The molecule has 6 rings (SSSR count). The van der Waals surface area contributed by atoms with Gasteiger partial charge in [-0.05, 0) is 31.3 Å². The van der Waals surface area contributed by atoms with Crippen LogP contribution in [0.2, 0.25) is 0 Å². The van der Waals surface area contributed by atoms with E-state index >= 15 is 0 Å². The molecule has 31 heavy (non-hydrogen) atoms. The van der Waals surface area contributed by atoms with Crippen LogP contribution in [0.1, 0.15) is 36.4 Å². The zero-order valence-corrected chi connectivity index (χ0v) is 18.0. The fraction of sp³-hybridized carbons (Fsp3) is 0.458. The molecule has 4 aliphatic heterocycles. The molecular weight excluding hydrogens is 394 g/mol. The third kappa shape index (κ3) is 2.94. The number of para-hydroxylation sites is 1. The molecule has 2 aromatic carbocycles. The number of benzene rings is 2. The Morgan fingerprint density at radius 2 is 1.87 bits per heavy atom. The molecule has 162 valence electrons. The van der Waals surface area contributed by atoms with Crippen LogP contribution in [0.15, 0.2) is 41.5 Å². The SMILES string of the molecule is COc1cccc2c1OC1(CCN(C)CC1)N1N=C(c3ccc4c(c3)OCCO4)CC21. The lowest BCUT2D eigenvalue weighted by atomic mass is 9.90. The van der Waals surface area contributed by atoms with Gasteiger partial charge in [0.1, 0.15) is 13.2 Å². The second kappa shape index (κ2) is 7.05. The summed E-state index contributed by atoms with van der Waals surface area (Å²) in [6.45, 7) is 3.12. The maximum atomic E-state index is 6.74. The fourth-order valence-corrected chi connectivity index (χ4v) is 5.13. The van der Waals surface area contributed by atoms with Gasteiger partial charge in [-0.25, -0.2) is 5.01 Å². The van der Waals surface area contributed by atoms with Crippen LogP contribution in [0.3, 0.4) is 0 Å². The topological polar surface area (TPSA) is 55.8 Å². The zero-order chi connectivity index (χ0) is 21.0. The fourth-order valence-electron chi connectivity index (χ4n) is 5.13. The van der Waals surface area contributed by atoms with Crippen LogP contribution >= 0.6 is 0 Å². The van der Waals surface area contributed by atoms with Gasteiger partial charge in [-0.1, -0.05) is 12.1 Å². The largest absolute Gasteiger partial charge is 0.493 e. The van der Waals surface area contributed by atoms with Crippen LogP contribution < -0.4 is 18.9 Å². The van der Waals surface area contributed by atoms with Crippen molar-refractivity contribution < 1.29 is 18.9 Å². The summed E-state index contributed by atoms with van der Waals surface area (Å²) >= 11 is 0. The molecule has 0 aliphatic carbocycles. The van der Waals surface area contributed by atoms with Gasteiger partial charge >= 0.3 is 0 Å². The molecule has 7 nitrogen and oxygen atoms in total. The van der Waals surface area contributed by atoms with Gasteiger partial charge in [0.05, 0.1) is 18.9 Å². The van der Waals surface area contributed by atoms with Crippen molar-refractivity contribution in [2.45, 2.75) is 31.0 Å². The van der Waals surface area contributed by atoms with Crippen molar-refractivity contribution in [3.8, 4) is 23.0 Å². The van der Waals surface area contributed by atoms with Gasteiger partial charge in [-0.15, -0.1) is 0 Å². The van der Waals surface area contributed by atoms with Crippen LogP contribution in [0.5, 0.6) is 23.0 Å². The van der Waals surface area contributed by atoms with Gasteiger partial charge in [0, 0.05) is 43.5 Å². The Labute approximate surface area is 182 Å². The van der Waals surface area contributed by atoms with Gasteiger partial charge in [0.15, 0.2) is 23.0 Å². The molecule has 0 bridgehead atoms. The van der Waals surface area contributed by atoms with Crippen LogP contribution in [-0.2, 0) is 0 Å². The predicted octanol–water partition coefficient (Wildman–Crippen LogP) is 3.43. The molecule has 4 aliphatic rings. The molecule has 0 aromatic heterocycles. The van der Waals surface area contributed by atoms with Gasteiger partial charge in [0.2, 0.25) is 5.72 Å². The summed E-state index contributed by atoms with van der Waals surface area (Å²) in [5, 5.41) is 7.38. The number of rotatable bonds is 2. The summed E-state index contributed by atoms with van der Waals surface area (Å²) in [4.78, 5) is 2.35. The van der Waals surface area contributed by atoms with E-state index in [0.717, 1.165) is 72.2 Å². The number of nitrogens with zero attached hydrogens (tertiary/aromatic N) is 3. The molecule has 7 heteroatoms. The molecule has 0 saturated carbocycles. The summed E-state index contributed by atoms with van der Waals surface area (Å²) in [7, 11) is 3.87. The first-order chi connectivity index (χ1) is 15.2. The minimum atomic E-state index is -0.450. The van der Waals surface area contributed by atoms with Crippen LogP contribution in [-0.4, -0.2) is 61.8 Å². The molecule has 1 unspecified atom stereocenters. The monoisotopic (exact) mass is 421 g/mol. The summed E-state index contributed by atoms with van der Waals surface area (Å²) in [5.41, 5.74) is 2.82. The highest BCUT2D eigenvalue weighted by Gasteiger charge is 2.52. The van der Waals surface area contributed by atoms with E-state index < -0.39 is 5.72 Å². The van der Waals surface area contributed by atoms with E-state index in [1.54, 1.807) is 7.11 Å². The van der Waals surface area contributed by atoms with Crippen molar-refractivity contribution in [3.63, 3.8) is 0 Å². The molecule has 1 fully saturated rings. The van der Waals surface area contributed by atoms with Crippen molar-refractivity contribution in [2.75, 3.05) is 40.5 Å². The average Bonchev–Trinajstić information content (AvgIpc) is 3.27. The van der Waals surface area contributed by atoms with E-state index in [1.807, 2.05) is 18.2 Å². The molecule has 0 radical (unpaired) electrons. The minimum absolute atomic E-state index is 0.130. The van der Waals surface area contributed by atoms with Crippen molar-refractivity contribution in [1.82, 2.24) is 9.91 Å². The smallest absolute Gasteiger partial charge is 0.200 e. The summed E-state index contributed by atoms with van der Waals surface area (Å²) in [6.07, 6.45) is 2.62. The normalized spacial score (nSPS) is 23.6. The van der Waals surface area contributed by atoms with Gasteiger partial charge in [0.25, 0.3) is 0 Å². The van der Waals surface area contributed by atoms with Crippen LogP contribution in [0, 0.1) is 0 Å². The van der Waals surface area contributed by atoms with E-state index in [4.69, 9.17) is 24.0 Å². The number of methoxy groups -OCH3 is 1. The first kappa shape index (κ1) is 18.8. The third-order valence-electron chi connectivity index (χ3n) is 6.85. The van der Waals surface area contributed by atoms with E-state index in [0.29, 0.717) is 13.2 Å². The van der Waals surface area contributed by atoms with Gasteiger partial charge in [-0.3, -0.25) is 0 Å². The van der Waals surface area contributed by atoms with E-state index in [1.165, 1.54) is 0 Å². The van der Waals surface area contributed by atoms with Crippen molar-refractivity contribution in [1.29, 1.82) is 0 Å². The summed E-state index contributed by atoms with van der Waals surface area (Å²) < 4.78 is 23.9. The Bertz CT molecular complexity index is 1050. The average molecular weight is 421 g/mol. The molecular formula is C24H27N3O4. The maximum Gasteiger partial charge on any atom is 0.200 e. The number of fused-ring (bicyclic) bond motifs is 5. The number of hydrazone groups is 1. The molecule has 0 amide bonds. The Morgan fingerprint density at radius 3 is 2.68 bits per heavy atom. The Hall–Kier alpha value is -2.93. The summed E-state index contributed by atoms with van der Waals surface area (Å²) in [6, 6.07) is 12.4. The van der Waals surface area contributed by atoms with Gasteiger partial charge < -0.3 is 23.8 Å². The number of ether oxygens (including phenoxy) is 4. The Balaban J connectivity index is 1.42. The highest BCUT2D eigenvalue weighted by atomic mass is 16.6. The van der Waals surface area contributed by atoms with Crippen molar-refractivity contribution in [2.24, 2.45) is 5.10 Å². The molecule has 4 heterocycles. The lowest BCUT2D eigenvalue weighted by Crippen LogP contribution is -2.58. The molecule has 2 aromatic rings.